The van der Waals surface area contributed by atoms with Crippen molar-refractivity contribution in [3.05, 3.63) is 41.6 Å². The number of nitrogens with one attached hydrogen (secondary N) is 1. The van der Waals surface area contributed by atoms with Crippen molar-refractivity contribution in [2.45, 2.75) is 19.9 Å². The molecule has 1 fully saturated rings. The number of carbonyl (C=O) groups is 3. The van der Waals surface area contributed by atoms with E-state index in [0.717, 1.165) is 10.5 Å². The first-order valence-corrected chi connectivity index (χ1v) is 8.01. The van der Waals surface area contributed by atoms with Gasteiger partial charge in [0.25, 0.3) is 11.8 Å². The summed E-state index contributed by atoms with van der Waals surface area (Å²) in [6.45, 7) is 7.42. The van der Waals surface area contributed by atoms with Crippen LogP contribution >= 0.6 is 0 Å². The van der Waals surface area contributed by atoms with Crippen LogP contribution in [0.2, 0.25) is 0 Å². The number of hydrogen-bond acceptors (Lipinski definition) is 6. The SMILES string of the molecule is C=C1C(=O)NC(c2ccc(C)c(OCOCCOC)c2)C(=O)N1C(C)=O. The molecule has 0 aliphatic carbocycles. The van der Waals surface area contributed by atoms with Gasteiger partial charge in [-0.3, -0.25) is 14.4 Å². The molecule has 1 saturated heterocycles. The maximum atomic E-state index is 12.6. The zero-order valence-corrected chi connectivity index (χ0v) is 15.0. The minimum Gasteiger partial charge on any atom is -0.467 e. The van der Waals surface area contributed by atoms with Crippen molar-refractivity contribution in [1.29, 1.82) is 0 Å². The lowest BCUT2D eigenvalue weighted by atomic mass is 10.0. The van der Waals surface area contributed by atoms with Gasteiger partial charge >= 0.3 is 0 Å². The molecule has 1 heterocycles. The second-order valence-corrected chi connectivity index (χ2v) is 5.73. The van der Waals surface area contributed by atoms with Crippen LogP contribution < -0.4 is 10.1 Å². The normalized spacial score (nSPS) is 17.3. The van der Waals surface area contributed by atoms with E-state index in [1.54, 1.807) is 25.3 Å². The van der Waals surface area contributed by atoms with Gasteiger partial charge in [0.15, 0.2) is 6.79 Å². The van der Waals surface area contributed by atoms with Gasteiger partial charge in [-0.15, -0.1) is 0 Å². The fourth-order valence-corrected chi connectivity index (χ4v) is 2.47. The Kier molecular flexibility index (Phi) is 6.48. The van der Waals surface area contributed by atoms with E-state index < -0.39 is 23.8 Å². The highest BCUT2D eigenvalue weighted by Crippen LogP contribution is 2.28. The highest BCUT2D eigenvalue weighted by atomic mass is 16.7. The Bertz CT molecular complexity index is 730. The quantitative estimate of drug-likeness (QED) is 0.443. The second kappa shape index (κ2) is 8.59. The van der Waals surface area contributed by atoms with Gasteiger partial charge in [0.2, 0.25) is 5.91 Å². The van der Waals surface area contributed by atoms with Crippen molar-refractivity contribution in [3.63, 3.8) is 0 Å². The van der Waals surface area contributed by atoms with E-state index in [2.05, 4.69) is 11.9 Å². The molecule has 0 bridgehead atoms. The Morgan fingerprint density at radius 1 is 1.31 bits per heavy atom. The maximum Gasteiger partial charge on any atom is 0.268 e. The zero-order valence-electron chi connectivity index (χ0n) is 15.0. The lowest BCUT2D eigenvalue weighted by Crippen LogP contribution is -2.53. The van der Waals surface area contributed by atoms with Crippen molar-refractivity contribution in [1.82, 2.24) is 10.2 Å². The van der Waals surface area contributed by atoms with Gasteiger partial charge in [0, 0.05) is 14.0 Å². The first kappa shape index (κ1) is 19.6. The van der Waals surface area contributed by atoms with Gasteiger partial charge < -0.3 is 19.5 Å². The number of nitrogens with zero attached hydrogens (tertiary/aromatic N) is 1. The van der Waals surface area contributed by atoms with Crippen LogP contribution in [0, 0.1) is 6.92 Å². The molecule has 1 aliphatic rings. The summed E-state index contributed by atoms with van der Waals surface area (Å²) in [6, 6.07) is 4.11. The number of rotatable bonds is 7. The largest absolute Gasteiger partial charge is 0.467 e. The van der Waals surface area contributed by atoms with Gasteiger partial charge in [-0.1, -0.05) is 18.7 Å². The number of benzene rings is 1. The summed E-state index contributed by atoms with van der Waals surface area (Å²) in [6.07, 6.45) is 0. The molecule has 0 spiro atoms. The summed E-state index contributed by atoms with van der Waals surface area (Å²) >= 11 is 0. The topological polar surface area (TPSA) is 94.2 Å². The van der Waals surface area contributed by atoms with E-state index in [9.17, 15) is 14.4 Å². The number of carbonyl (C=O) groups excluding carboxylic acids is 3. The number of amides is 3. The average molecular weight is 362 g/mol. The molecule has 0 aromatic heterocycles. The minimum absolute atomic E-state index is 0.0228. The number of hydrogen-bond donors (Lipinski definition) is 1. The van der Waals surface area contributed by atoms with Crippen LogP contribution in [-0.2, 0) is 23.9 Å². The van der Waals surface area contributed by atoms with E-state index in [0.29, 0.717) is 24.5 Å². The molecule has 8 heteroatoms. The summed E-state index contributed by atoms with van der Waals surface area (Å²) in [5.74, 6) is -1.18. The molecule has 26 heavy (non-hydrogen) atoms. The molecular weight excluding hydrogens is 340 g/mol. The maximum absolute atomic E-state index is 12.6. The van der Waals surface area contributed by atoms with Crippen molar-refractivity contribution in [2.75, 3.05) is 27.1 Å². The number of imide groups is 1. The molecular formula is C18H22N2O6. The van der Waals surface area contributed by atoms with E-state index in [1.165, 1.54) is 6.92 Å². The van der Waals surface area contributed by atoms with Crippen molar-refractivity contribution >= 4 is 17.7 Å². The molecule has 0 saturated carbocycles. The van der Waals surface area contributed by atoms with Crippen LogP contribution in [0.3, 0.4) is 0 Å². The number of aryl methyl sites for hydroxylation is 1. The first-order valence-electron chi connectivity index (χ1n) is 8.01. The van der Waals surface area contributed by atoms with Crippen molar-refractivity contribution < 1.29 is 28.6 Å². The van der Waals surface area contributed by atoms with Crippen LogP contribution in [0.5, 0.6) is 5.75 Å². The molecule has 8 nitrogen and oxygen atoms in total. The van der Waals surface area contributed by atoms with E-state index in [1.807, 2.05) is 6.92 Å². The first-order chi connectivity index (χ1) is 12.4. The van der Waals surface area contributed by atoms with Gasteiger partial charge in [0.1, 0.15) is 17.5 Å². The monoisotopic (exact) mass is 362 g/mol. The number of methoxy groups -OCH3 is 1. The fourth-order valence-electron chi connectivity index (χ4n) is 2.47. The number of ether oxygens (including phenoxy) is 3. The molecule has 140 valence electrons. The van der Waals surface area contributed by atoms with Crippen LogP contribution in [-0.4, -0.2) is 49.7 Å². The minimum atomic E-state index is -0.991. The van der Waals surface area contributed by atoms with E-state index in [-0.39, 0.29) is 12.5 Å². The summed E-state index contributed by atoms with van der Waals surface area (Å²) in [5, 5.41) is 2.56. The Morgan fingerprint density at radius 2 is 2.04 bits per heavy atom. The lowest BCUT2D eigenvalue weighted by molar-refractivity contribution is -0.148. The van der Waals surface area contributed by atoms with Gasteiger partial charge in [0.05, 0.1) is 13.2 Å². The van der Waals surface area contributed by atoms with E-state index in [4.69, 9.17) is 14.2 Å². The molecule has 1 aliphatic heterocycles. The van der Waals surface area contributed by atoms with Gasteiger partial charge in [-0.25, -0.2) is 4.90 Å². The standard InChI is InChI=1S/C18H22N2O6/c1-11-5-6-14(9-15(11)26-10-25-8-7-24-4)16-18(23)20(13(3)21)12(2)17(22)19-16/h5-6,9,16H,2,7-8,10H2,1,3-4H3,(H,19,22). The highest BCUT2D eigenvalue weighted by Gasteiger charge is 2.39. The molecule has 3 amide bonds. The molecule has 2 rings (SSSR count). The van der Waals surface area contributed by atoms with Gasteiger partial charge in [-0.2, -0.15) is 0 Å². The molecule has 1 aromatic carbocycles. The third-order valence-corrected chi connectivity index (χ3v) is 3.86. The smallest absolute Gasteiger partial charge is 0.268 e. The molecule has 1 unspecified atom stereocenters. The van der Waals surface area contributed by atoms with E-state index >= 15 is 0 Å². The molecule has 0 radical (unpaired) electrons. The Morgan fingerprint density at radius 3 is 2.69 bits per heavy atom. The second-order valence-electron chi connectivity index (χ2n) is 5.73. The summed E-state index contributed by atoms with van der Waals surface area (Å²) in [5.41, 5.74) is 1.15. The van der Waals surface area contributed by atoms with Crippen molar-refractivity contribution in [2.24, 2.45) is 0 Å². The number of piperazine rings is 1. The Labute approximate surface area is 151 Å². The third kappa shape index (κ3) is 4.27. The summed E-state index contributed by atoms with van der Waals surface area (Å²) in [7, 11) is 1.58. The Balaban J connectivity index is 2.18. The van der Waals surface area contributed by atoms with Crippen LogP contribution in [0.1, 0.15) is 24.1 Å². The highest BCUT2D eigenvalue weighted by molar-refractivity contribution is 6.11. The van der Waals surface area contributed by atoms with Gasteiger partial charge in [-0.05, 0) is 24.1 Å². The predicted octanol–water partition coefficient (Wildman–Crippen LogP) is 1.05. The lowest BCUT2D eigenvalue weighted by Gasteiger charge is -2.32. The molecule has 1 N–H and O–H groups in total. The van der Waals surface area contributed by atoms with Crippen molar-refractivity contribution in [3.8, 4) is 5.75 Å². The van der Waals surface area contributed by atoms with Crippen LogP contribution in [0.15, 0.2) is 30.5 Å². The van der Waals surface area contributed by atoms with Crippen LogP contribution in [0.25, 0.3) is 0 Å². The molecule has 1 aromatic rings. The predicted molar refractivity (Wildman–Crippen MR) is 92.1 cm³/mol. The average Bonchev–Trinajstić information content (AvgIpc) is 2.59. The van der Waals surface area contributed by atoms with Crippen LogP contribution in [0.4, 0.5) is 0 Å². The third-order valence-electron chi connectivity index (χ3n) is 3.86. The fraction of sp³-hybridized carbons (Fsp3) is 0.389. The zero-order chi connectivity index (χ0) is 19.3. The summed E-state index contributed by atoms with van der Waals surface area (Å²) in [4.78, 5) is 37.1. The molecule has 1 atom stereocenters. The summed E-state index contributed by atoms with van der Waals surface area (Å²) < 4.78 is 15.7. The Hall–Kier alpha value is -2.71.